The molecule has 0 aliphatic rings. The Balaban J connectivity index is 2.05. The van der Waals surface area contributed by atoms with Gasteiger partial charge < -0.3 is 20.5 Å². The van der Waals surface area contributed by atoms with Crippen LogP contribution >= 0.6 is 0 Å². The molecule has 0 amide bonds. The average molecular weight is 260 g/mol. The molecule has 0 atom stereocenters. The van der Waals surface area contributed by atoms with E-state index in [4.69, 9.17) is 15.2 Å². The van der Waals surface area contributed by atoms with Gasteiger partial charge in [-0.3, -0.25) is 0 Å². The Labute approximate surface area is 111 Å². The van der Waals surface area contributed by atoms with Crippen LogP contribution in [0.1, 0.15) is 5.56 Å². The Morgan fingerprint density at radius 1 is 1.11 bits per heavy atom. The summed E-state index contributed by atoms with van der Waals surface area (Å²) in [7, 11) is 3.15. The first-order valence-electron chi connectivity index (χ1n) is 5.76. The van der Waals surface area contributed by atoms with Crippen molar-refractivity contribution in [3.8, 4) is 11.8 Å². The molecule has 2 aromatic rings. The summed E-state index contributed by atoms with van der Waals surface area (Å²) in [5.41, 5.74) is 7.41. The number of nitrogen functional groups attached to an aromatic ring is 1. The van der Waals surface area contributed by atoms with E-state index in [-0.39, 0.29) is 0 Å². The van der Waals surface area contributed by atoms with E-state index in [2.05, 4.69) is 15.3 Å². The lowest BCUT2D eigenvalue weighted by atomic mass is 10.3. The van der Waals surface area contributed by atoms with Crippen molar-refractivity contribution >= 4 is 11.5 Å². The lowest BCUT2D eigenvalue weighted by Gasteiger charge is -2.09. The number of hydrogen-bond acceptors (Lipinski definition) is 6. The molecular weight excluding hydrogens is 244 g/mol. The summed E-state index contributed by atoms with van der Waals surface area (Å²) < 4.78 is 10.1. The van der Waals surface area contributed by atoms with Crippen molar-refractivity contribution in [2.75, 3.05) is 25.3 Å². The molecule has 0 saturated carbocycles. The smallest absolute Gasteiger partial charge is 0.215 e. The molecule has 2 heterocycles. The Morgan fingerprint density at radius 2 is 1.84 bits per heavy atom. The summed E-state index contributed by atoms with van der Waals surface area (Å²) in [6, 6.07) is 7.20. The highest BCUT2D eigenvalue weighted by Gasteiger charge is 2.03. The van der Waals surface area contributed by atoms with Crippen LogP contribution in [0, 0.1) is 0 Å². The molecule has 0 bridgehead atoms. The monoisotopic (exact) mass is 260 g/mol. The number of nitrogens with zero attached hydrogens (tertiary/aromatic N) is 2. The number of ether oxygens (including phenoxy) is 2. The van der Waals surface area contributed by atoms with Gasteiger partial charge in [0.1, 0.15) is 0 Å². The standard InChI is InChI=1S/C13H16N4O2/c1-18-11-5-3-9(7-15-11)8-16-13-10(14)4-6-12(17-13)19-2/h3-7H,8,14H2,1-2H3,(H,16,17). The minimum atomic E-state index is 0.518. The summed E-state index contributed by atoms with van der Waals surface area (Å²) >= 11 is 0. The molecule has 0 aliphatic carbocycles. The van der Waals surface area contributed by atoms with Gasteiger partial charge in [-0.1, -0.05) is 6.07 Å². The average Bonchev–Trinajstić information content (AvgIpc) is 2.47. The molecule has 6 nitrogen and oxygen atoms in total. The third-order valence-corrected chi connectivity index (χ3v) is 2.58. The topological polar surface area (TPSA) is 82.3 Å². The lowest BCUT2D eigenvalue weighted by Crippen LogP contribution is -2.05. The van der Waals surface area contributed by atoms with Crippen molar-refractivity contribution in [1.82, 2.24) is 9.97 Å². The summed E-state index contributed by atoms with van der Waals surface area (Å²) in [5, 5.41) is 3.14. The number of aromatic nitrogens is 2. The normalized spacial score (nSPS) is 10.0. The lowest BCUT2D eigenvalue weighted by molar-refractivity contribution is 0.397. The number of anilines is 2. The second kappa shape index (κ2) is 5.90. The van der Waals surface area contributed by atoms with E-state index in [1.54, 1.807) is 38.6 Å². The summed E-state index contributed by atoms with van der Waals surface area (Å²) in [4.78, 5) is 8.36. The van der Waals surface area contributed by atoms with E-state index < -0.39 is 0 Å². The van der Waals surface area contributed by atoms with Gasteiger partial charge in [0.25, 0.3) is 0 Å². The molecule has 0 aliphatic heterocycles. The molecule has 0 aromatic carbocycles. The number of rotatable bonds is 5. The van der Waals surface area contributed by atoms with E-state index in [1.807, 2.05) is 6.07 Å². The number of nitrogens with one attached hydrogen (secondary N) is 1. The molecule has 19 heavy (non-hydrogen) atoms. The fourth-order valence-electron chi connectivity index (χ4n) is 1.53. The number of methoxy groups -OCH3 is 2. The quantitative estimate of drug-likeness (QED) is 0.851. The third kappa shape index (κ3) is 3.25. The minimum absolute atomic E-state index is 0.518. The fraction of sp³-hybridized carbons (Fsp3) is 0.231. The van der Waals surface area contributed by atoms with Crippen molar-refractivity contribution in [3.05, 3.63) is 36.0 Å². The Hall–Kier alpha value is -2.50. The third-order valence-electron chi connectivity index (χ3n) is 2.58. The molecule has 2 aromatic heterocycles. The second-order valence-corrected chi connectivity index (χ2v) is 3.85. The maximum atomic E-state index is 5.84. The number of pyridine rings is 2. The molecule has 6 heteroatoms. The predicted molar refractivity (Wildman–Crippen MR) is 73.3 cm³/mol. The van der Waals surface area contributed by atoms with Gasteiger partial charge in [0.2, 0.25) is 11.8 Å². The van der Waals surface area contributed by atoms with Gasteiger partial charge in [0.05, 0.1) is 19.9 Å². The SMILES string of the molecule is COc1ccc(CNc2nc(OC)ccc2N)cn1. The molecule has 0 radical (unpaired) electrons. The van der Waals surface area contributed by atoms with Gasteiger partial charge in [-0.25, -0.2) is 4.98 Å². The van der Waals surface area contributed by atoms with E-state index in [9.17, 15) is 0 Å². The summed E-state index contributed by atoms with van der Waals surface area (Å²) in [6.07, 6.45) is 1.74. The van der Waals surface area contributed by atoms with Gasteiger partial charge in [-0.15, -0.1) is 0 Å². The maximum absolute atomic E-state index is 5.84. The Morgan fingerprint density at radius 3 is 2.47 bits per heavy atom. The van der Waals surface area contributed by atoms with Crippen LogP contribution in [0.3, 0.4) is 0 Å². The molecule has 0 fully saturated rings. The zero-order chi connectivity index (χ0) is 13.7. The molecule has 2 rings (SSSR count). The first kappa shape index (κ1) is 12.9. The van der Waals surface area contributed by atoms with Gasteiger partial charge >= 0.3 is 0 Å². The molecule has 0 saturated heterocycles. The summed E-state index contributed by atoms with van der Waals surface area (Å²) in [5.74, 6) is 1.70. The van der Waals surface area contributed by atoms with Crippen molar-refractivity contribution in [2.45, 2.75) is 6.54 Å². The fourth-order valence-corrected chi connectivity index (χ4v) is 1.53. The predicted octanol–water partition coefficient (Wildman–Crippen LogP) is 1.69. The first-order chi connectivity index (χ1) is 9.22. The Bertz CT molecular complexity index is 543. The van der Waals surface area contributed by atoms with Crippen LogP contribution < -0.4 is 20.5 Å². The molecule has 0 unspecified atom stereocenters. The van der Waals surface area contributed by atoms with Crippen LogP contribution in [-0.4, -0.2) is 24.2 Å². The largest absolute Gasteiger partial charge is 0.481 e. The van der Waals surface area contributed by atoms with Crippen LogP contribution in [0.4, 0.5) is 11.5 Å². The Kier molecular flexibility index (Phi) is 4.02. The summed E-state index contributed by atoms with van der Waals surface area (Å²) in [6.45, 7) is 0.571. The van der Waals surface area contributed by atoms with Gasteiger partial charge in [0, 0.05) is 24.9 Å². The van der Waals surface area contributed by atoms with Crippen LogP contribution in [0.15, 0.2) is 30.5 Å². The minimum Gasteiger partial charge on any atom is -0.481 e. The van der Waals surface area contributed by atoms with E-state index in [1.165, 1.54) is 0 Å². The second-order valence-electron chi connectivity index (χ2n) is 3.85. The number of nitrogens with two attached hydrogens (primary N) is 1. The van der Waals surface area contributed by atoms with Crippen molar-refractivity contribution in [2.24, 2.45) is 0 Å². The van der Waals surface area contributed by atoms with Gasteiger partial charge in [0.15, 0.2) is 5.82 Å². The van der Waals surface area contributed by atoms with Crippen molar-refractivity contribution in [1.29, 1.82) is 0 Å². The van der Waals surface area contributed by atoms with E-state index in [0.29, 0.717) is 29.8 Å². The molecule has 0 spiro atoms. The highest BCUT2D eigenvalue weighted by molar-refractivity contribution is 5.62. The highest BCUT2D eigenvalue weighted by atomic mass is 16.5. The first-order valence-corrected chi connectivity index (χ1v) is 5.76. The van der Waals surface area contributed by atoms with Gasteiger partial charge in [-0.05, 0) is 11.6 Å². The van der Waals surface area contributed by atoms with Crippen LogP contribution in [-0.2, 0) is 6.54 Å². The molecule has 3 N–H and O–H groups in total. The maximum Gasteiger partial charge on any atom is 0.215 e. The highest BCUT2D eigenvalue weighted by Crippen LogP contribution is 2.20. The van der Waals surface area contributed by atoms with Crippen molar-refractivity contribution in [3.63, 3.8) is 0 Å². The zero-order valence-corrected chi connectivity index (χ0v) is 10.9. The number of hydrogen-bond donors (Lipinski definition) is 2. The van der Waals surface area contributed by atoms with E-state index >= 15 is 0 Å². The zero-order valence-electron chi connectivity index (χ0n) is 10.9. The van der Waals surface area contributed by atoms with E-state index in [0.717, 1.165) is 5.56 Å². The molecular formula is C13H16N4O2. The van der Waals surface area contributed by atoms with Crippen LogP contribution in [0.2, 0.25) is 0 Å². The van der Waals surface area contributed by atoms with Crippen LogP contribution in [0.5, 0.6) is 11.8 Å². The molecule has 100 valence electrons. The van der Waals surface area contributed by atoms with Crippen LogP contribution in [0.25, 0.3) is 0 Å². The van der Waals surface area contributed by atoms with Gasteiger partial charge in [-0.2, -0.15) is 4.98 Å². The van der Waals surface area contributed by atoms with Crippen molar-refractivity contribution < 1.29 is 9.47 Å².